The van der Waals surface area contributed by atoms with Gasteiger partial charge in [0.25, 0.3) is 0 Å². The molecule has 3 rings (SSSR count). The molecule has 0 amide bonds. The highest BCUT2D eigenvalue weighted by Gasteiger charge is 2.16. The maximum Gasteiger partial charge on any atom is 0.132 e. The van der Waals surface area contributed by atoms with Gasteiger partial charge in [0.05, 0.1) is 5.52 Å². The van der Waals surface area contributed by atoms with Crippen LogP contribution in [0.4, 0.5) is 5.82 Å². The van der Waals surface area contributed by atoms with Crippen LogP contribution in [0.15, 0.2) is 18.2 Å². The summed E-state index contributed by atoms with van der Waals surface area (Å²) in [4.78, 5) is 7.46. The van der Waals surface area contributed by atoms with Crippen molar-refractivity contribution in [1.82, 2.24) is 10.3 Å². The van der Waals surface area contributed by atoms with Crippen molar-refractivity contribution in [1.29, 1.82) is 0 Å². The number of aromatic nitrogens is 1. The molecule has 0 saturated carbocycles. The van der Waals surface area contributed by atoms with Gasteiger partial charge in [-0.3, -0.25) is 0 Å². The zero-order valence-electron chi connectivity index (χ0n) is 12.7. The van der Waals surface area contributed by atoms with Crippen LogP contribution in [0.2, 0.25) is 0 Å². The predicted molar refractivity (Wildman–Crippen MR) is 85.7 cm³/mol. The first-order valence-corrected chi connectivity index (χ1v) is 7.56. The first kappa shape index (κ1) is 13.4. The second-order valence-corrected chi connectivity index (χ2v) is 5.64. The van der Waals surface area contributed by atoms with E-state index in [0.717, 1.165) is 38.1 Å². The van der Waals surface area contributed by atoms with Gasteiger partial charge in [-0.15, -0.1) is 0 Å². The fraction of sp³-hybridized carbons (Fsp3) is 0.471. The molecule has 1 saturated heterocycles. The summed E-state index contributed by atoms with van der Waals surface area (Å²) in [5.74, 6) is 1.19. The summed E-state index contributed by atoms with van der Waals surface area (Å²) in [6.07, 6.45) is 1.04. The Labute approximate surface area is 121 Å². The molecule has 2 heterocycles. The van der Waals surface area contributed by atoms with Crippen LogP contribution in [0.5, 0.6) is 0 Å². The summed E-state index contributed by atoms with van der Waals surface area (Å²) in [5.41, 5.74) is 5.15. The van der Waals surface area contributed by atoms with Crippen molar-refractivity contribution < 1.29 is 0 Å². The minimum absolute atomic E-state index is 1.04. The highest BCUT2D eigenvalue weighted by Crippen LogP contribution is 2.27. The van der Waals surface area contributed by atoms with Crippen LogP contribution >= 0.6 is 0 Å². The molecule has 0 spiro atoms. The molecule has 1 fully saturated rings. The smallest absolute Gasteiger partial charge is 0.132 e. The minimum Gasteiger partial charge on any atom is -0.354 e. The van der Waals surface area contributed by atoms with Crippen molar-refractivity contribution in [3.05, 3.63) is 34.9 Å². The zero-order chi connectivity index (χ0) is 14.1. The quantitative estimate of drug-likeness (QED) is 0.908. The van der Waals surface area contributed by atoms with Gasteiger partial charge in [-0.05, 0) is 43.0 Å². The third kappa shape index (κ3) is 2.27. The lowest BCUT2D eigenvalue weighted by atomic mass is 10.0. The van der Waals surface area contributed by atoms with E-state index in [1.165, 1.54) is 27.9 Å². The summed E-state index contributed by atoms with van der Waals surface area (Å²) in [7, 11) is 0. The number of hydrogen-bond donors (Lipinski definition) is 1. The molecule has 20 heavy (non-hydrogen) atoms. The standard InChI is InChI=1S/C17H23N3/c1-4-14-11-15-6-5-12(2)13(3)16(15)19-17(14)20-9-7-18-8-10-20/h5-6,11,18H,4,7-10H2,1-3H3. The van der Waals surface area contributed by atoms with Gasteiger partial charge in [0.1, 0.15) is 5.82 Å². The van der Waals surface area contributed by atoms with Crippen molar-refractivity contribution in [2.24, 2.45) is 0 Å². The second-order valence-electron chi connectivity index (χ2n) is 5.64. The van der Waals surface area contributed by atoms with Gasteiger partial charge in [-0.1, -0.05) is 19.1 Å². The Morgan fingerprint density at radius 1 is 1.20 bits per heavy atom. The van der Waals surface area contributed by atoms with Crippen molar-refractivity contribution in [3.63, 3.8) is 0 Å². The number of aryl methyl sites for hydroxylation is 3. The van der Waals surface area contributed by atoms with Crippen molar-refractivity contribution in [2.75, 3.05) is 31.1 Å². The Morgan fingerprint density at radius 2 is 1.95 bits per heavy atom. The second kappa shape index (κ2) is 5.41. The molecule has 1 N–H and O–H groups in total. The summed E-state index contributed by atoms with van der Waals surface area (Å²) >= 11 is 0. The maximum atomic E-state index is 5.03. The van der Waals surface area contributed by atoms with Crippen LogP contribution in [0.25, 0.3) is 10.9 Å². The number of nitrogens with one attached hydrogen (secondary N) is 1. The van der Waals surface area contributed by atoms with Gasteiger partial charge in [-0.2, -0.15) is 0 Å². The number of fused-ring (bicyclic) bond motifs is 1. The molecule has 1 aromatic heterocycles. The van der Waals surface area contributed by atoms with Crippen molar-refractivity contribution in [2.45, 2.75) is 27.2 Å². The van der Waals surface area contributed by atoms with E-state index < -0.39 is 0 Å². The molecule has 1 aromatic carbocycles. The van der Waals surface area contributed by atoms with Gasteiger partial charge in [-0.25, -0.2) is 4.98 Å². The molecule has 0 bridgehead atoms. The Balaban J connectivity index is 2.16. The highest BCUT2D eigenvalue weighted by atomic mass is 15.2. The minimum atomic E-state index is 1.04. The lowest BCUT2D eigenvalue weighted by molar-refractivity contribution is 0.584. The average Bonchev–Trinajstić information content (AvgIpc) is 2.51. The molecule has 0 aliphatic carbocycles. The molecule has 1 aliphatic rings. The summed E-state index contributed by atoms with van der Waals surface area (Å²) in [6.45, 7) is 10.8. The monoisotopic (exact) mass is 269 g/mol. The Bertz CT molecular complexity index is 628. The van der Waals surface area contributed by atoms with Crippen molar-refractivity contribution in [3.8, 4) is 0 Å². The van der Waals surface area contributed by atoms with Gasteiger partial charge in [0, 0.05) is 31.6 Å². The molecule has 0 radical (unpaired) electrons. The average molecular weight is 269 g/mol. The zero-order valence-corrected chi connectivity index (χ0v) is 12.7. The molecular formula is C17H23N3. The van der Waals surface area contributed by atoms with E-state index >= 15 is 0 Å². The first-order valence-electron chi connectivity index (χ1n) is 7.56. The molecule has 106 valence electrons. The lowest BCUT2D eigenvalue weighted by Gasteiger charge is -2.30. The SMILES string of the molecule is CCc1cc2ccc(C)c(C)c2nc1N1CCNCC1. The Hall–Kier alpha value is -1.61. The molecular weight excluding hydrogens is 246 g/mol. The van der Waals surface area contributed by atoms with Crippen LogP contribution in [0, 0.1) is 13.8 Å². The Morgan fingerprint density at radius 3 is 2.65 bits per heavy atom. The number of anilines is 1. The van der Waals surface area contributed by atoms with Crippen LogP contribution in [0.3, 0.4) is 0 Å². The topological polar surface area (TPSA) is 28.2 Å². The van der Waals surface area contributed by atoms with Crippen LogP contribution in [-0.4, -0.2) is 31.2 Å². The van der Waals surface area contributed by atoms with E-state index in [1.54, 1.807) is 0 Å². The number of nitrogens with zero attached hydrogens (tertiary/aromatic N) is 2. The van der Waals surface area contributed by atoms with Gasteiger partial charge < -0.3 is 10.2 Å². The number of hydrogen-bond acceptors (Lipinski definition) is 3. The number of rotatable bonds is 2. The van der Waals surface area contributed by atoms with E-state index in [2.05, 4.69) is 49.2 Å². The van der Waals surface area contributed by atoms with Gasteiger partial charge in [0.2, 0.25) is 0 Å². The summed E-state index contributed by atoms with van der Waals surface area (Å²) in [5, 5.41) is 4.68. The normalized spacial score (nSPS) is 15.8. The van der Waals surface area contributed by atoms with E-state index in [4.69, 9.17) is 4.98 Å². The van der Waals surface area contributed by atoms with Gasteiger partial charge >= 0.3 is 0 Å². The third-order valence-corrected chi connectivity index (χ3v) is 4.37. The van der Waals surface area contributed by atoms with E-state index in [9.17, 15) is 0 Å². The van der Waals surface area contributed by atoms with Gasteiger partial charge in [0.15, 0.2) is 0 Å². The summed E-state index contributed by atoms with van der Waals surface area (Å²) < 4.78 is 0. The lowest BCUT2D eigenvalue weighted by Crippen LogP contribution is -2.44. The van der Waals surface area contributed by atoms with E-state index in [1.807, 2.05) is 0 Å². The molecule has 2 aromatic rings. The van der Waals surface area contributed by atoms with Crippen LogP contribution in [0.1, 0.15) is 23.6 Å². The predicted octanol–water partition coefficient (Wildman–Crippen LogP) is 2.82. The highest BCUT2D eigenvalue weighted by molar-refractivity contribution is 5.85. The van der Waals surface area contributed by atoms with Crippen LogP contribution in [-0.2, 0) is 6.42 Å². The summed E-state index contributed by atoms with van der Waals surface area (Å²) in [6, 6.07) is 6.72. The first-order chi connectivity index (χ1) is 9.70. The van der Waals surface area contributed by atoms with Crippen LogP contribution < -0.4 is 10.2 Å². The Kier molecular flexibility index (Phi) is 3.62. The molecule has 3 nitrogen and oxygen atoms in total. The molecule has 0 atom stereocenters. The van der Waals surface area contributed by atoms with E-state index in [-0.39, 0.29) is 0 Å². The molecule has 0 unspecified atom stereocenters. The fourth-order valence-electron chi connectivity index (χ4n) is 2.93. The van der Waals surface area contributed by atoms with Crippen molar-refractivity contribution >= 4 is 16.7 Å². The number of piperazine rings is 1. The fourth-order valence-corrected chi connectivity index (χ4v) is 2.93. The maximum absolute atomic E-state index is 5.03. The largest absolute Gasteiger partial charge is 0.354 e. The molecule has 3 heteroatoms. The molecule has 1 aliphatic heterocycles. The third-order valence-electron chi connectivity index (χ3n) is 4.37. The number of benzene rings is 1. The van der Waals surface area contributed by atoms with E-state index in [0.29, 0.717) is 0 Å². The number of pyridine rings is 1.